The van der Waals surface area contributed by atoms with Gasteiger partial charge in [0.2, 0.25) is 5.88 Å². The van der Waals surface area contributed by atoms with Gasteiger partial charge in [0.15, 0.2) is 0 Å². The average molecular weight is 342 g/mol. The summed E-state index contributed by atoms with van der Waals surface area (Å²) < 4.78 is 5.22. The third-order valence-corrected chi connectivity index (χ3v) is 3.09. The van der Waals surface area contributed by atoms with Crippen LogP contribution in [0.4, 0.5) is 21.0 Å². The molecule has 0 aliphatic rings. The number of hydrogen-bond acceptors (Lipinski definition) is 4. The van der Waals surface area contributed by atoms with Crippen LogP contribution in [0.2, 0.25) is 0 Å². The fourth-order valence-corrected chi connectivity index (χ4v) is 1.93. The van der Waals surface area contributed by atoms with Crippen LogP contribution in [-0.4, -0.2) is 29.7 Å². The van der Waals surface area contributed by atoms with Gasteiger partial charge >= 0.3 is 12.1 Å². The lowest BCUT2D eigenvalue weighted by atomic mass is 10.1. The number of anilines is 2. The zero-order valence-electron chi connectivity index (χ0n) is 14.7. The predicted molar refractivity (Wildman–Crippen MR) is 97.0 cm³/mol. The summed E-state index contributed by atoms with van der Waals surface area (Å²) in [6.07, 6.45) is 0.873. The number of rotatable bonds is 3. The molecule has 0 saturated heterocycles. The number of nitrogens with one attached hydrogen (secondary N) is 2. The number of aromatic nitrogens is 1. The molecule has 2 N–H and O–H groups in total. The molecule has 1 heterocycles. The lowest BCUT2D eigenvalue weighted by Gasteiger charge is -2.20. The van der Waals surface area contributed by atoms with Gasteiger partial charge in [0.05, 0.1) is 11.9 Å². The first-order valence-electron chi connectivity index (χ1n) is 7.80. The Hall–Kier alpha value is -3.09. The van der Waals surface area contributed by atoms with E-state index in [0.29, 0.717) is 11.4 Å². The van der Waals surface area contributed by atoms with Crippen molar-refractivity contribution in [2.75, 3.05) is 17.3 Å². The summed E-state index contributed by atoms with van der Waals surface area (Å²) >= 11 is 0. The summed E-state index contributed by atoms with van der Waals surface area (Å²) in [7, 11) is 1.62. The van der Waals surface area contributed by atoms with Crippen molar-refractivity contribution in [2.24, 2.45) is 0 Å². The molecule has 1 aromatic heterocycles. The number of carbonyl (C=O) groups excluding carboxylic acids is 2. The third kappa shape index (κ3) is 5.80. The maximum atomic E-state index is 12.1. The van der Waals surface area contributed by atoms with Crippen molar-refractivity contribution in [3.63, 3.8) is 0 Å². The van der Waals surface area contributed by atoms with E-state index in [4.69, 9.17) is 4.74 Å². The van der Waals surface area contributed by atoms with Gasteiger partial charge in [0, 0.05) is 24.3 Å². The topological polar surface area (TPSA) is 83.6 Å². The van der Waals surface area contributed by atoms with E-state index < -0.39 is 6.09 Å². The van der Waals surface area contributed by atoms with Crippen molar-refractivity contribution >= 4 is 23.5 Å². The minimum Gasteiger partial charge on any atom is -0.391 e. The van der Waals surface area contributed by atoms with Gasteiger partial charge in [-0.15, -0.1) is 0 Å². The zero-order valence-corrected chi connectivity index (χ0v) is 14.7. The molecule has 0 radical (unpaired) electrons. The molecular formula is C18H22N4O3. The van der Waals surface area contributed by atoms with E-state index in [0.717, 1.165) is 0 Å². The lowest BCUT2D eigenvalue weighted by Crippen LogP contribution is -2.43. The molecule has 0 aliphatic heterocycles. The van der Waals surface area contributed by atoms with E-state index in [1.54, 1.807) is 25.2 Å². The molecule has 1 aromatic carbocycles. The van der Waals surface area contributed by atoms with Crippen LogP contribution in [0.5, 0.6) is 5.88 Å². The van der Waals surface area contributed by atoms with Crippen LogP contribution >= 0.6 is 0 Å². The Morgan fingerprint density at radius 1 is 1.08 bits per heavy atom. The van der Waals surface area contributed by atoms with Crippen LogP contribution in [0.1, 0.15) is 20.8 Å². The Morgan fingerprint density at radius 3 is 2.32 bits per heavy atom. The standard InChI is InChI=1S/C18H22N4O3/c1-18(2,3)21-16(23)20-13-10-11-15(19-12-13)25-17(24)22(4)14-8-6-5-7-9-14/h5-12H,1-4H3,(H2,20,21,23). The number of carbonyl (C=O) groups is 2. The number of amides is 3. The monoisotopic (exact) mass is 342 g/mol. The highest BCUT2D eigenvalue weighted by molar-refractivity contribution is 5.90. The van der Waals surface area contributed by atoms with Crippen molar-refractivity contribution < 1.29 is 14.3 Å². The molecule has 2 rings (SSSR count). The van der Waals surface area contributed by atoms with E-state index in [2.05, 4.69) is 15.6 Å². The Balaban J connectivity index is 1.94. The molecular weight excluding hydrogens is 320 g/mol. The molecule has 0 aliphatic carbocycles. The van der Waals surface area contributed by atoms with Crippen LogP contribution in [0.15, 0.2) is 48.7 Å². The maximum Gasteiger partial charge on any atom is 0.420 e. The molecule has 25 heavy (non-hydrogen) atoms. The molecule has 0 atom stereocenters. The third-order valence-electron chi connectivity index (χ3n) is 3.09. The Labute approximate surface area is 147 Å². The van der Waals surface area contributed by atoms with Gasteiger partial charge in [-0.25, -0.2) is 14.6 Å². The largest absolute Gasteiger partial charge is 0.420 e. The van der Waals surface area contributed by atoms with Gasteiger partial charge in [-0.1, -0.05) is 18.2 Å². The van der Waals surface area contributed by atoms with Crippen molar-refractivity contribution in [2.45, 2.75) is 26.3 Å². The summed E-state index contributed by atoms with van der Waals surface area (Å²) in [5.74, 6) is 0.148. The number of para-hydroxylation sites is 1. The quantitative estimate of drug-likeness (QED) is 0.892. The van der Waals surface area contributed by atoms with E-state index in [1.807, 2.05) is 39.0 Å². The fraction of sp³-hybridized carbons (Fsp3) is 0.278. The lowest BCUT2D eigenvalue weighted by molar-refractivity contribution is 0.207. The summed E-state index contributed by atoms with van der Waals surface area (Å²) in [4.78, 5) is 29.3. The molecule has 2 aromatic rings. The predicted octanol–water partition coefficient (Wildman–Crippen LogP) is 3.64. The average Bonchev–Trinajstić information content (AvgIpc) is 2.55. The van der Waals surface area contributed by atoms with Gasteiger partial charge in [-0.05, 0) is 39.0 Å². The van der Waals surface area contributed by atoms with Gasteiger partial charge in [0.25, 0.3) is 0 Å². The number of pyridine rings is 1. The molecule has 132 valence electrons. The first-order chi connectivity index (χ1) is 11.7. The second-order valence-corrected chi connectivity index (χ2v) is 6.48. The van der Waals surface area contributed by atoms with Crippen molar-refractivity contribution in [1.82, 2.24) is 10.3 Å². The first-order valence-corrected chi connectivity index (χ1v) is 7.80. The van der Waals surface area contributed by atoms with Crippen LogP contribution in [0.3, 0.4) is 0 Å². The van der Waals surface area contributed by atoms with E-state index in [9.17, 15) is 9.59 Å². The van der Waals surface area contributed by atoms with Crippen LogP contribution in [0, 0.1) is 0 Å². The minimum absolute atomic E-state index is 0.148. The van der Waals surface area contributed by atoms with Gasteiger partial charge < -0.3 is 15.4 Å². The molecule has 0 unspecified atom stereocenters. The number of urea groups is 1. The highest BCUT2D eigenvalue weighted by atomic mass is 16.6. The molecule has 7 heteroatoms. The highest BCUT2D eigenvalue weighted by Gasteiger charge is 2.15. The van der Waals surface area contributed by atoms with Gasteiger partial charge in [-0.2, -0.15) is 0 Å². The van der Waals surface area contributed by atoms with Gasteiger partial charge in [-0.3, -0.25) is 4.90 Å². The Bertz CT molecular complexity index is 724. The smallest absolute Gasteiger partial charge is 0.391 e. The van der Waals surface area contributed by atoms with E-state index in [-0.39, 0.29) is 17.5 Å². The van der Waals surface area contributed by atoms with Crippen LogP contribution in [0.25, 0.3) is 0 Å². The molecule has 0 bridgehead atoms. The van der Waals surface area contributed by atoms with Crippen molar-refractivity contribution in [3.8, 4) is 5.88 Å². The molecule has 3 amide bonds. The van der Waals surface area contributed by atoms with Crippen molar-refractivity contribution in [1.29, 1.82) is 0 Å². The summed E-state index contributed by atoms with van der Waals surface area (Å²) in [6.45, 7) is 5.66. The molecule has 7 nitrogen and oxygen atoms in total. The van der Waals surface area contributed by atoms with Crippen LogP contribution in [-0.2, 0) is 0 Å². The number of benzene rings is 1. The summed E-state index contributed by atoms with van der Waals surface area (Å²) in [5.41, 5.74) is 0.872. The second kappa shape index (κ2) is 7.65. The normalized spacial score (nSPS) is 10.7. The van der Waals surface area contributed by atoms with Crippen molar-refractivity contribution in [3.05, 3.63) is 48.7 Å². The molecule has 0 saturated carbocycles. The highest BCUT2D eigenvalue weighted by Crippen LogP contribution is 2.16. The summed E-state index contributed by atoms with van der Waals surface area (Å²) in [5, 5.41) is 5.44. The number of nitrogens with zero attached hydrogens (tertiary/aromatic N) is 2. The molecule has 0 fully saturated rings. The zero-order chi connectivity index (χ0) is 18.4. The number of hydrogen-bond donors (Lipinski definition) is 2. The van der Waals surface area contributed by atoms with Gasteiger partial charge in [0.1, 0.15) is 0 Å². The first kappa shape index (κ1) is 18.3. The van der Waals surface area contributed by atoms with E-state index >= 15 is 0 Å². The Morgan fingerprint density at radius 2 is 1.76 bits per heavy atom. The maximum absolute atomic E-state index is 12.1. The second-order valence-electron chi connectivity index (χ2n) is 6.48. The SMILES string of the molecule is CN(C(=O)Oc1ccc(NC(=O)NC(C)(C)C)cn1)c1ccccc1. The van der Waals surface area contributed by atoms with Crippen LogP contribution < -0.4 is 20.3 Å². The summed E-state index contributed by atoms with van der Waals surface area (Å²) in [6, 6.07) is 11.9. The molecule has 0 spiro atoms. The Kier molecular flexibility index (Phi) is 5.59. The van der Waals surface area contributed by atoms with E-state index in [1.165, 1.54) is 17.2 Å². The minimum atomic E-state index is -0.551. The fourth-order valence-electron chi connectivity index (χ4n) is 1.93. The number of ether oxygens (including phenoxy) is 1.